The van der Waals surface area contributed by atoms with E-state index >= 15 is 0 Å². The van der Waals surface area contributed by atoms with Crippen LogP contribution < -0.4 is 0 Å². The van der Waals surface area contributed by atoms with Crippen LogP contribution in [0.15, 0.2) is 49.7 Å². The fourth-order valence-electron chi connectivity index (χ4n) is 1.05. The maximum Gasteiger partial charge on any atom is 0.260 e. The summed E-state index contributed by atoms with van der Waals surface area (Å²) in [6.07, 6.45) is 3.11. The zero-order valence-electron chi connectivity index (χ0n) is 7.48. The third-order valence-electron chi connectivity index (χ3n) is 1.62. The highest BCUT2D eigenvalue weighted by Crippen LogP contribution is 2.29. The molecule has 2 rings (SSSR count). The molecule has 0 bridgehead atoms. The molecule has 1 aromatic heterocycles. The lowest BCUT2D eigenvalue weighted by Crippen LogP contribution is -1.78. The monoisotopic (exact) mass is 280 g/mol. The van der Waals surface area contributed by atoms with Crippen LogP contribution in [0.3, 0.4) is 0 Å². The second kappa shape index (κ2) is 4.51. The molecule has 0 aliphatic heterocycles. The lowest BCUT2D eigenvalue weighted by atomic mass is 10.2. The molecule has 0 fully saturated rings. The van der Waals surface area contributed by atoms with E-state index in [2.05, 4.69) is 27.0 Å². The highest BCUT2D eigenvalue weighted by Gasteiger charge is 2.04. The SMILES string of the molecule is N#Cc1cc(Br)cc(Sc2ncco2)c1. The van der Waals surface area contributed by atoms with E-state index in [0.717, 1.165) is 9.37 Å². The highest BCUT2D eigenvalue weighted by molar-refractivity contribution is 9.10. The first-order valence-electron chi connectivity index (χ1n) is 4.06. The van der Waals surface area contributed by atoms with Crippen molar-refractivity contribution in [1.29, 1.82) is 5.26 Å². The summed E-state index contributed by atoms with van der Waals surface area (Å²) in [6.45, 7) is 0. The molecule has 0 unspecified atom stereocenters. The second-order valence-electron chi connectivity index (χ2n) is 2.69. The normalized spacial score (nSPS) is 9.87. The van der Waals surface area contributed by atoms with Crippen LogP contribution in [0.2, 0.25) is 0 Å². The molecule has 0 N–H and O–H groups in total. The van der Waals surface area contributed by atoms with Crippen LogP contribution in [0.1, 0.15) is 5.56 Å². The summed E-state index contributed by atoms with van der Waals surface area (Å²) in [5.74, 6) is 0. The van der Waals surface area contributed by atoms with Crippen LogP contribution in [0.5, 0.6) is 0 Å². The Labute approximate surface area is 99.3 Å². The third kappa shape index (κ3) is 2.61. The van der Waals surface area contributed by atoms with E-state index in [9.17, 15) is 0 Å². The summed E-state index contributed by atoms with van der Waals surface area (Å²) in [5.41, 5.74) is 0.610. The first-order valence-corrected chi connectivity index (χ1v) is 5.67. The van der Waals surface area contributed by atoms with Gasteiger partial charge < -0.3 is 4.42 Å². The number of aromatic nitrogens is 1. The number of hydrogen-bond acceptors (Lipinski definition) is 4. The van der Waals surface area contributed by atoms with E-state index in [1.807, 2.05) is 6.07 Å². The van der Waals surface area contributed by atoms with E-state index in [1.165, 1.54) is 18.0 Å². The van der Waals surface area contributed by atoms with Crippen molar-refractivity contribution in [2.75, 3.05) is 0 Å². The van der Waals surface area contributed by atoms with Crippen LogP contribution in [0.4, 0.5) is 0 Å². The summed E-state index contributed by atoms with van der Waals surface area (Å²) in [7, 11) is 0. The first kappa shape index (κ1) is 10.3. The number of hydrogen-bond donors (Lipinski definition) is 0. The fraction of sp³-hybridized carbons (Fsp3) is 0. The number of nitriles is 1. The molecular formula is C10H5BrN2OS. The van der Waals surface area contributed by atoms with Gasteiger partial charge in [0.05, 0.1) is 17.8 Å². The lowest BCUT2D eigenvalue weighted by Gasteiger charge is -1.99. The molecule has 0 amide bonds. The van der Waals surface area contributed by atoms with Crippen molar-refractivity contribution in [2.45, 2.75) is 10.1 Å². The van der Waals surface area contributed by atoms with Crippen LogP contribution in [-0.4, -0.2) is 4.98 Å². The fourth-order valence-corrected chi connectivity index (χ4v) is 2.48. The Bertz CT molecular complexity index is 505. The molecule has 2 aromatic rings. The molecule has 3 nitrogen and oxygen atoms in total. The van der Waals surface area contributed by atoms with Gasteiger partial charge in [0.2, 0.25) is 0 Å². The van der Waals surface area contributed by atoms with Gasteiger partial charge in [-0.3, -0.25) is 0 Å². The maximum atomic E-state index is 8.79. The van der Waals surface area contributed by atoms with Gasteiger partial charge in [-0.15, -0.1) is 0 Å². The molecule has 0 atom stereocenters. The summed E-state index contributed by atoms with van der Waals surface area (Å²) >= 11 is 4.72. The number of nitrogens with zero attached hydrogens (tertiary/aromatic N) is 2. The molecule has 1 heterocycles. The summed E-state index contributed by atoms with van der Waals surface area (Å²) < 4.78 is 5.98. The van der Waals surface area contributed by atoms with Crippen LogP contribution in [-0.2, 0) is 0 Å². The van der Waals surface area contributed by atoms with Crippen molar-refractivity contribution < 1.29 is 4.42 Å². The van der Waals surface area contributed by atoms with Crippen LogP contribution >= 0.6 is 27.7 Å². The zero-order valence-corrected chi connectivity index (χ0v) is 9.88. The van der Waals surface area contributed by atoms with Crippen molar-refractivity contribution in [1.82, 2.24) is 4.98 Å². The molecule has 5 heteroatoms. The Morgan fingerprint density at radius 2 is 2.27 bits per heavy atom. The molecular weight excluding hydrogens is 276 g/mol. The van der Waals surface area contributed by atoms with Gasteiger partial charge in [-0.25, -0.2) is 4.98 Å². The molecule has 0 saturated heterocycles. The van der Waals surface area contributed by atoms with E-state index in [4.69, 9.17) is 9.68 Å². The Kier molecular flexibility index (Phi) is 3.09. The second-order valence-corrected chi connectivity index (χ2v) is 4.63. The summed E-state index contributed by atoms with van der Waals surface area (Å²) in [6, 6.07) is 7.56. The average Bonchev–Trinajstić information content (AvgIpc) is 2.69. The smallest absolute Gasteiger partial charge is 0.260 e. The minimum Gasteiger partial charge on any atom is -0.440 e. The Morgan fingerprint density at radius 1 is 1.40 bits per heavy atom. The largest absolute Gasteiger partial charge is 0.440 e. The van der Waals surface area contributed by atoms with Crippen LogP contribution in [0, 0.1) is 11.3 Å². The predicted octanol–water partition coefficient (Wildman–Crippen LogP) is 3.46. The number of rotatable bonds is 2. The quantitative estimate of drug-likeness (QED) is 0.845. The molecule has 0 aliphatic carbocycles. The van der Waals surface area contributed by atoms with Gasteiger partial charge in [0, 0.05) is 9.37 Å². The van der Waals surface area contributed by atoms with Gasteiger partial charge >= 0.3 is 0 Å². The minimum absolute atomic E-state index is 0.567. The minimum atomic E-state index is 0.567. The lowest BCUT2D eigenvalue weighted by molar-refractivity contribution is 0.454. The third-order valence-corrected chi connectivity index (χ3v) is 2.92. The van der Waals surface area contributed by atoms with E-state index in [0.29, 0.717) is 10.8 Å². The Balaban J connectivity index is 2.29. The van der Waals surface area contributed by atoms with Crippen molar-refractivity contribution in [3.8, 4) is 6.07 Å². The van der Waals surface area contributed by atoms with Gasteiger partial charge in [-0.2, -0.15) is 5.26 Å². The molecule has 0 spiro atoms. The van der Waals surface area contributed by atoms with Crippen molar-refractivity contribution in [3.63, 3.8) is 0 Å². The van der Waals surface area contributed by atoms with Gasteiger partial charge in [-0.05, 0) is 30.0 Å². The molecule has 1 aromatic carbocycles. The standard InChI is InChI=1S/C10H5BrN2OS/c11-8-3-7(6-12)4-9(5-8)15-10-13-1-2-14-10/h1-5H. The molecule has 0 saturated carbocycles. The van der Waals surface area contributed by atoms with E-state index < -0.39 is 0 Å². The van der Waals surface area contributed by atoms with Gasteiger partial charge in [0.25, 0.3) is 5.22 Å². The highest BCUT2D eigenvalue weighted by atomic mass is 79.9. The van der Waals surface area contributed by atoms with Crippen molar-refractivity contribution in [3.05, 3.63) is 40.7 Å². The van der Waals surface area contributed by atoms with E-state index in [1.54, 1.807) is 18.3 Å². The molecule has 0 aliphatic rings. The first-order chi connectivity index (χ1) is 7.28. The molecule has 15 heavy (non-hydrogen) atoms. The predicted molar refractivity (Wildman–Crippen MR) is 59.5 cm³/mol. The van der Waals surface area contributed by atoms with Gasteiger partial charge in [0.1, 0.15) is 6.26 Å². The van der Waals surface area contributed by atoms with Gasteiger partial charge in [-0.1, -0.05) is 15.9 Å². The number of oxazole rings is 1. The van der Waals surface area contributed by atoms with E-state index in [-0.39, 0.29) is 0 Å². The Morgan fingerprint density at radius 3 is 2.93 bits per heavy atom. The van der Waals surface area contributed by atoms with Crippen molar-refractivity contribution in [2.24, 2.45) is 0 Å². The van der Waals surface area contributed by atoms with Crippen molar-refractivity contribution >= 4 is 27.7 Å². The average molecular weight is 281 g/mol. The number of halogens is 1. The zero-order chi connectivity index (χ0) is 10.7. The maximum absolute atomic E-state index is 8.79. The molecule has 74 valence electrons. The van der Waals surface area contributed by atoms with Gasteiger partial charge in [0.15, 0.2) is 0 Å². The number of benzene rings is 1. The summed E-state index contributed by atoms with van der Waals surface area (Å²) in [5, 5.41) is 9.36. The summed E-state index contributed by atoms with van der Waals surface area (Å²) in [4.78, 5) is 4.91. The Hall–Kier alpha value is -1.25. The topological polar surface area (TPSA) is 49.8 Å². The molecule has 0 radical (unpaired) electrons. The van der Waals surface area contributed by atoms with Crippen LogP contribution in [0.25, 0.3) is 0 Å².